The second-order valence-corrected chi connectivity index (χ2v) is 3.87. The van der Waals surface area contributed by atoms with Gasteiger partial charge in [-0.25, -0.2) is 4.79 Å². The van der Waals surface area contributed by atoms with Gasteiger partial charge in [-0.15, -0.1) is 0 Å². The molecule has 4 heteroatoms. The topological polar surface area (TPSA) is 42.2 Å². The van der Waals surface area contributed by atoms with Crippen molar-refractivity contribution in [2.24, 2.45) is 0 Å². The van der Waals surface area contributed by atoms with E-state index in [1.54, 1.807) is 22.8 Å². The summed E-state index contributed by atoms with van der Waals surface area (Å²) in [4.78, 5) is 11.2. The number of nitrogens with zero attached hydrogens (tertiary/aromatic N) is 1. The molecule has 0 aliphatic carbocycles. The van der Waals surface area contributed by atoms with Crippen LogP contribution in [0.25, 0.3) is 5.69 Å². The summed E-state index contributed by atoms with van der Waals surface area (Å²) in [7, 11) is 0. The molecular weight excluding hydrogens is 226 g/mol. The number of aromatic nitrogens is 1. The Bertz CT molecular complexity index is 546. The fourth-order valence-corrected chi connectivity index (χ4v) is 1.91. The number of carboxylic acid groups (broad SMARTS) is 1. The van der Waals surface area contributed by atoms with E-state index in [2.05, 4.69) is 0 Å². The van der Waals surface area contributed by atoms with Crippen molar-refractivity contribution < 1.29 is 9.90 Å². The molecule has 0 amide bonds. The molecule has 2 aromatic rings. The number of hydrogen-bond acceptors (Lipinski definition) is 1. The molecule has 1 aromatic heterocycles. The van der Waals surface area contributed by atoms with Crippen molar-refractivity contribution in [1.82, 2.24) is 4.57 Å². The van der Waals surface area contributed by atoms with Crippen LogP contribution in [0.4, 0.5) is 0 Å². The average Bonchev–Trinajstić information content (AvgIpc) is 2.63. The summed E-state index contributed by atoms with van der Waals surface area (Å²) in [5.74, 6) is -1.02. The number of rotatable bonds is 2. The molecule has 3 nitrogen and oxygen atoms in total. The van der Waals surface area contributed by atoms with Gasteiger partial charge < -0.3 is 9.67 Å². The summed E-state index contributed by atoms with van der Waals surface area (Å²) in [5, 5.41) is 9.39. The second kappa shape index (κ2) is 4.02. The Morgan fingerprint density at radius 1 is 1.31 bits per heavy atom. The summed E-state index contributed by atoms with van der Waals surface area (Å²) in [6.45, 7) is 1.91. The number of aryl methyl sites for hydroxylation is 1. The first-order valence-corrected chi connectivity index (χ1v) is 5.15. The van der Waals surface area contributed by atoms with Crippen LogP contribution in [0, 0.1) is 6.92 Å². The van der Waals surface area contributed by atoms with E-state index in [1.165, 1.54) is 0 Å². The molecule has 0 saturated heterocycles. The summed E-state index contributed by atoms with van der Waals surface area (Å²) in [5.41, 5.74) is 1.68. The van der Waals surface area contributed by atoms with Crippen molar-refractivity contribution in [2.75, 3.05) is 0 Å². The molecule has 0 unspecified atom stereocenters. The quantitative estimate of drug-likeness (QED) is 0.869. The number of aromatic carboxylic acids is 1. The van der Waals surface area contributed by atoms with Crippen molar-refractivity contribution in [3.63, 3.8) is 0 Å². The predicted octanol–water partition coefficient (Wildman–Crippen LogP) is 3.14. The van der Waals surface area contributed by atoms with E-state index in [0.29, 0.717) is 5.69 Å². The van der Waals surface area contributed by atoms with Gasteiger partial charge in [0, 0.05) is 11.9 Å². The van der Waals surface area contributed by atoms with Crippen LogP contribution in [-0.2, 0) is 0 Å². The highest BCUT2D eigenvalue weighted by Gasteiger charge is 2.15. The van der Waals surface area contributed by atoms with Gasteiger partial charge >= 0.3 is 5.97 Å². The third-order valence-corrected chi connectivity index (χ3v) is 2.73. The zero-order chi connectivity index (χ0) is 11.7. The Kier molecular flexibility index (Phi) is 2.71. The highest BCUT2D eigenvalue weighted by Crippen LogP contribution is 2.24. The number of halogens is 1. The van der Waals surface area contributed by atoms with Gasteiger partial charge in [0.2, 0.25) is 0 Å². The fraction of sp³-hybridized carbons (Fsp3) is 0.0833. The Balaban J connectivity index is 2.70. The monoisotopic (exact) mass is 235 g/mol. The fourth-order valence-electron chi connectivity index (χ4n) is 1.66. The maximum atomic E-state index is 11.2. The lowest BCUT2D eigenvalue weighted by Gasteiger charge is -2.10. The predicted molar refractivity (Wildman–Crippen MR) is 62.5 cm³/mol. The second-order valence-electron chi connectivity index (χ2n) is 3.46. The van der Waals surface area contributed by atoms with Crippen LogP contribution in [-0.4, -0.2) is 15.6 Å². The average molecular weight is 236 g/mol. The summed E-state index contributed by atoms with van der Waals surface area (Å²) < 4.78 is 1.80. The molecule has 0 fully saturated rings. The van der Waals surface area contributed by atoms with Crippen molar-refractivity contribution in [3.8, 4) is 5.69 Å². The van der Waals surface area contributed by atoms with Crippen molar-refractivity contribution in [1.29, 1.82) is 0 Å². The Hall–Kier alpha value is -1.74. The molecular formula is C12H10ClNO2. The van der Waals surface area contributed by atoms with E-state index < -0.39 is 5.97 Å². The van der Waals surface area contributed by atoms with Crippen LogP contribution < -0.4 is 0 Å². The molecule has 82 valence electrons. The Morgan fingerprint density at radius 2 is 2.06 bits per heavy atom. The van der Waals surface area contributed by atoms with Crippen LogP contribution in [0.2, 0.25) is 5.02 Å². The van der Waals surface area contributed by atoms with E-state index in [4.69, 9.17) is 16.7 Å². The molecule has 0 radical (unpaired) electrons. The number of carbonyl (C=O) groups is 1. The number of benzene rings is 1. The van der Waals surface area contributed by atoms with Crippen molar-refractivity contribution in [3.05, 3.63) is 52.8 Å². The molecule has 16 heavy (non-hydrogen) atoms. The maximum absolute atomic E-state index is 11.2. The summed E-state index contributed by atoms with van der Waals surface area (Å²) in [6, 6.07) is 8.83. The highest BCUT2D eigenvalue weighted by molar-refractivity contribution is 6.34. The van der Waals surface area contributed by atoms with Crippen molar-refractivity contribution in [2.45, 2.75) is 6.92 Å². The SMILES string of the molecule is Cc1cccn1-c1cccc(Cl)c1C(=O)O. The summed E-state index contributed by atoms with van der Waals surface area (Å²) >= 11 is 5.90. The third-order valence-electron chi connectivity index (χ3n) is 2.42. The lowest BCUT2D eigenvalue weighted by Crippen LogP contribution is -2.06. The van der Waals surface area contributed by atoms with Gasteiger partial charge in [0.15, 0.2) is 0 Å². The first-order chi connectivity index (χ1) is 7.61. The van der Waals surface area contributed by atoms with E-state index in [9.17, 15) is 4.79 Å². The molecule has 0 spiro atoms. The number of carboxylic acids is 1. The van der Waals surface area contributed by atoms with Crippen LogP contribution in [0.3, 0.4) is 0 Å². The lowest BCUT2D eigenvalue weighted by atomic mass is 10.1. The van der Waals surface area contributed by atoms with Gasteiger partial charge in [-0.05, 0) is 31.2 Å². The van der Waals surface area contributed by atoms with Crippen LogP contribution in [0.5, 0.6) is 0 Å². The van der Waals surface area contributed by atoms with Gasteiger partial charge in [-0.2, -0.15) is 0 Å². The maximum Gasteiger partial charge on any atom is 0.339 e. The molecule has 0 saturated carbocycles. The van der Waals surface area contributed by atoms with Gasteiger partial charge in [0.1, 0.15) is 5.56 Å². The molecule has 1 heterocycles. The van der Waals surface area contributed by atoms with Gasteiger partial charge in [0.05, 0.1) is 10.7 Å². The van der Waals surface area contributed by atoms with E-state index >= 15 is 0 Å². The van der Waals surface area contributed by atoms with E-state index in [0.717, 1.165) is 5.69 Å². The molecule has 2 rings (SSSR count). The van der Waals surface area contributed by atoms with E-state index in [-0.39, 0.29) is 10.6 Å². The minimum absolute atomic E-state index is 0.128. The van der Waals surface area contributed by atoms with Gasteiger partial charge in [-0.3, -0.25) is 0 Å². The van der Waals surface area contributed by atoms with Gasteiger partial charge in [0.25, 0.3) is 0 Å². The van der Waals surface area contributed by atoms with Gasteiger partial charge in [-0.1, -0.05) is 17.7 Å². The molecule has 0 aliphatic rings. The van der Waals surface area contributed by atoms with Crippen molar-refractivity contribution >= 4 is 17.6 Å². The molecule has 1 aromatic carbocycles. The highest BCUT2D eigenvalue weighted by atomic mass is 35.5. The minimum atomic E-state index is -1.02. The molecule has 1 N–H and O–H groups in total. The standard InChI is InChI=1S/C12H10ClNO2/c1-8-4-3-7-14(8)10-6-2-5-9(13)11(10)12(15)16/h2-7H,1H3,(H,15,16). The van der Waals surface area contributed by atoms with Crippen LogP contribution >= 0.6 is 11.6 Å². The largest absolute Gasteiger partial charge is 0.478 e. The summed E-state index contributed by atoms with van der Waals surface area (Å²) in [6.07, 6.45) is 1.81. The molecule has 0 aliphatic heterocycles. The lowest BCUT2D eigenvalue weighted by molar-refractivity contribution is 0.0697. The zero-order valence-corrected chi connectivity index (χ0v) is 9.40. The smallest absolute Gasteiger partial charge is 0.339 e. The molecule has 0 bridgehead atoms. The number of hydrogen-bond donors (Lipinski definition) is 1. The normalized spacial score (nSPS) is 10.4. The van der Waals surface area contributed by atoms with Crippen LogP contribution in [0.1, 0.15) is 16.1 Å². The minimum Gasteiger partial charge on any atom is -0.478 e. The first-order valence-electron chi connectivity index (χ1n) is 4.77. The third kappa shape index (κ3) is 1.70. The zero-order valence-electron chi connectivity index (χ0n) is 8.64. The van der Waals surface area contributed by atoms with Crippen LogP contribution in [0.15, 0.2) is 36.5 Å². The van der Waals surface area contributed by atoms with E-state index in [1.807, 2.05) is 25.3 Å². The first kappa shape index (κ1) is 10.8. The molecule has 0 atom stereocenters. The Labute approximate surface area is 97.9 Å². The Morgan fingerprint density at radius 3 is 2.62 bits per heavy atom.